The lowest BCUT2D eigenvalue weighted by molar-refractivity contribution is -0.118. The lowest BCUT2D eigenvalue weighted by atomic mass is 10.0. The van der Waals surface area contributed by atoms with Gasteiger partial charge in [0.2, 0.25) is 5.91 Å². The summed E-state index contributed by atoms with van der Waals surface area (Å²) in [5, 5.41) is 12.4. The first-order chi connectivity index (χ1) is 13.5. The Bertz CT molecular complexity index is 1030. The number of amides is 1. The molecule has 1 amide bonds. The molecule has 0 spiro atoms. The first kappa shape index (κ1) is 18.2. The summed E-state index contributed by atoms with van der Waals surface area (Å²) in [7, 11) is 3.18. The smallest absolute Gasteiger partial charge is 0.232 e. The fourth-order valence-electron chi connectivity index (χ4n) is 3.39. The number of ether oxygens (including phenoxy) is 2. The molecule has 28 heavy (non-hydrogen) atoms. The third-order valence-corrected chi connectivity index (χ3v) is 5.07. The number of hydrogen-bond donors (Lipinski definition) is 3. The summed E-state index contributed by atoms with van der Waals surface area (Å²) < 4.78 is 24.8. The lowest BCUT2D eigenvalue weighted by Crippen LogP contribution is -2.22. The van der Waals surface area contributed by atoms with Gasteiger partial charge in [0.15, 0.2) is 0 Å². The molecule has 0 saturated heterocycles. The van der Waals surface area contributed by atoms with Crippen molar-refractivity contribution in [2.45, 2.75) is 12.1 Å². The van der Waals surface area contributed by atoms with Gasteiger partial charge in [0.1, 0.15) is 28.6 Å². The third kappa shape index (κ3) is 2.95. The van der Waals surface area contributed by atoms with E-state index in [-0.39, 0.29) is 6.42 Å². The topological polar surface area (TPSA) is 96.5 Å². The standard InChI is InChI=1S/C20H20FN3O4/c1-27-14-4-3-5-15(28-2)17(14)12-9-22-18-11(12)6-7-16(23-18)24-19(26)13-8-20(13,21)10-25/h3-7,9,13,25H,8,10H2,1-2H3,(H2,22,23,24,26). The molecule has 3 N–H and O–H groups in total. The number of hydrogen-bond acceptors (Lipinski definition) is 5. The van der Waals surface area contributed by atoms with E-state index >= 15 is 0 Å². The number of pyridine rings is 1. The van der Waals surface area contributed by atoms with Crippen LogP contribution in [0.2, 0.25) is 0 Å². The second kappa shape index (κ2) is 6.79. The van der Waals surface area contributed by atoms with Crippen LogP contribution in [-0.2, 0) is 4.79 Å². The second-order valence-corrected chi connectivity index (χ2v) is 6.77. The first-order valence-electron chi connectivity index (χ1n) is 8.81. The molecule has 2 heterocycles. The molecule has 8 heteroatoms. The van der Waals surface area contributed by atoms with E-state index in [4.69, 9.17) is 14.6 Å². The van der Waals surface area contributed by atoms with Gasteiger partial charge < -0.3 is 24.9 Å². The number of carbonyl (C=O) groups excluding carboxylic acids is 1. The predicted octanol–water partition coefficient (Wildman–Crippen LogP) is 2.91. The fraction of sp³-hybridized carbons (Fsp3) is 0.300. The molecule has 2 atom stereocenters. The molecule has 0 bridgehead atoms. The molecular formula is C20H20FN3O4. The van der Waals surface area contributed by atoms with Crippen LogP contribution in [0.1, 0.15) is 6.42 Å². The van der Waals surface area contributed by atoms with Crippen LogP contribution < -0.4 is 14.8 Å². The number of nitrogens with zero attached hydrogens (tertiary/aromatic N) is 1. The number of benzene rings is 1. The molecule has 1 aliphatic carbocycles. The Labute approximate surface area is 160 Å². The maximum atomic E-state index is 13.9. The SMILES string of the molecule is COc1cccc(OC)c1-c1c[nH]c2nc(NC(=O)C3CC3(F)CO)ccc12. The van der Waals surface area contributed by atoms with E-state index in [2.05, 4.69) is 15.3 Å². The monoisotopic (exact) mass is 385 g/mol. The molecule has 2 aromatic heterocycles. The molecule has 1 aliphatic rings. The summed E-state index contributed by atoms with van der Waals surface area (Å²) in [4.78, 5) is 19.6. The zero-order valence-corrected chi connectivity index (χ0v) is 15.5. The minimum Gasteiger partial charge on any atom is -0.496 e. The number of methoxy groups -OCH3 is 2. The van der Waals surface area contributed by atoms with Gasteiger partial charge in [-0.2, -0.15) is 0 Å². The highest BCUT2D eigenvalue weighted by Crippen LogP contribution is 2.47. The van der Waals surface area contributed by atoms with Crippen molar-refractivity contribution in [3.63, 3.8) is 0 Å². The second-order valence-electron chi connectivity index (χ2n) is 6.77. The molecule has 1 saturated carbocycles. The van der Waals surface area contributed by atoms with E-state index in [1.165, 1.54) is 0 Å². The van der Waals surface area contributed by atoms with Gasteiger partial charge in [-0.3, -0.25) is 4.79 Å². The largest absolute Gasteiger partial charge is 0.496 e. The van der Waals surface area contributed by atoms with Crippen LogP contribution in [0, 0.1) is 5.92 Å². The van der Waals surface area contributed by atoms with E-state index in [1.807, 2.05) is 24.3 Å². The van der Waals surface area contributed by atoms with Crippen molar-refractivity contribution in [3.8, 4) is 22.6 Å². The highest BCUT2D eigenvalue weighted by Gasteiger charge is 2.59. The van der Waals surface area contributed by atoms with Crippen LogP contribution >= 0.6 is 0 Å². The van der Waals surface area contributed by atoms with Crippen molar-refractivity contribution in [2.75, 3.05) is 26.1 Å². The van der Waals surface area contributed by atoms with Crippen molar-refractivity contribution in [1.29, 1.82) is 0 Å². The van der Waals surface area contributed by atoms with Crippen molar-refractivity contribution in [1.82, 2.24) is 9.97 Å². The van der Waals surface area contributed by atoms with Crippen LogP contribution in [0.4, 0.5) is 10.2 Å². The average molecular weight is 385 g/mol. The summed E-state index contributed by atoms with van der Waals surface area (Å²) in [6.07, 6.45) is 1.82. The third-order valence-electron chi connectivity index (χ3n) is 5.07. The highest BCUT2D eigenvalue weighted by molar-refractivity contribution is 5.99. The summed E-state index contributed by atoms with van der Waals surface area (Å²) in [6, 6.07) is 9.01. The van der Waals surface area contributed by atoms with Crippen molar-refractivity contribution >= 4 is 22.8 Å². The van der Waals surface area contributed by atoms with Gasteiger partial charge >= 0.3 is 0 Å². The molecule has 146 valence electrons. The molecule has 3 aromatic rings. The predicted molar refractivity (Wildman–Crippen MR) is 102 cm³/mol. The number of H-pyrrole nitrogens is 1. The van der Waals surface area contributed by atoms with Crippen LogP contribution in [0.5, 0.6) is 11.5 Å². The number of halogens is 1. The van der Waals surface area contributed by atoms with Gasteiger partial charge in [0.25, 0.3) is 0 Å². The zero-order valence-electron chi connectivity index (χ0n) is 15.5. The molecule has 2 unspecified atom stereocenters. The number of aromatic nitrogens is 2. The number of anilines is 1. The maximum absolute atomic E-state index is 13.9. The van der Waals surface area contributed by atoms with E-state index in [9.17, 15) is 9.18 Å². The molecule has 7 nitrogen and oxygen atoms in total. The van der Waals surface area contributed by atoms with Gasteiger partial charge in [0.05, 0.1) is 32.3 Å². The number of alkyl halides is 1. The molecule has 4 rings (SSSR count). The zero-order chi connectivity index (χ0) is 19.9. The van der Waals surface area contributed by atoms with Gasteiger partial charge in [-0.15, -0.1) is 0 Å². The average Bonchev–Trinajstić information content (AvgIpc) is 3.24. The van der Waals surface area contributed by atoms with Crippen LogP contribution in [0.3, 0.4) is 0 Å². The molecule has 1 aromatic carbocycles. The van der Waals surface area contributed by atoms with Crippen LogP contribution in [0.15, 0.2) is 36.5 Å². The lowest BCUT2D eigenvalue weighted by Gasteiger charge is -2.12. The van der Waals surface area contributed by atoms with Crippen molar-refractivity contribution in [2.24, 2.45) is 5.92 Å². The summed E-state index contributed by atoms with van der Waals surface area (Å²) in [6.45, 7) is -0.654. The van der Waals surface area contributed by atoms with E-state index in [0.717, 1.165) is 16.5 Å². The van der Waals surface area contributed by atoms with E-state index in [1.54, 1.807) is 26.5 Å². The van der Waals surface area contributed by atoms with Crippen molar-refractivity contribution < 1.29 is 23.8 Å². The fourth-order valence-corrected chi connectivity index (χ4v) is 3.39. The summed E-state index contributed by atoms with van der Waals surface area (Å²) in [5.41, 5.74) is 0.388. The number of aliphatic hydroxyl groups is 1. The summed E-state index contributed by atoms with van der Waals surface area (Å²) >= 11 is 0. The Morgan fingerprint density at radius 1 is 1.32 bits per heavy atom. The molecule has 0 radical (unpaired) electrons. The normalized spacial score (nSPS) is 20.8. The highest BCUT2D eigenvalue weighted by atomic mass is 19.1. The Balaban J connectivity index is 1.66. The number of nitrogens with one attached hydrogen (secondary N) is 2. The van der Waals surface area contributed by atoms with Gasteiger partial charge in [-0.1, -0.05) is 6.07 Å². The number of fused-ring (bicyclic) bond motifs is 1. The Morgan fingerprint density at radius 2 is 2.04 bits per heavy atom. The van der Waals surface area contributed by atoms with E-state index < -0.39 is 24.1 Å². The Kier molecular flexibility index (Phi) is 4.43. The minimum absolute atomic E-state index is 0.0256. The molecular weight excluding hydrogens is 365 g/mol. The van der Waals surface area contributed by atoms with Crippen LogP contribution in [0.25, 0.3) is 22.2 Å². The number of aromatic amines is 1. The summed E-state index contributed by atoms with van der Waals surface area (Å²) in [5.74, 6) is 0.308. The number of rotatable bonds is 6. The van der Waals surface area contributed by atoms with Gasteiger partial charge in [0, 0.05) is 17.1 Å². The first-order valence-corrected chi connectivity index (χ1v) is 8.81. The van der Waals surface area contributed by atoms with E-state index in [0.29, 0.717) is 23.0 Å². The Morgan fingerprint density at radius 3 is 2.64 bits per heavy atom. The molecule has 1 fully saturated rings. The van der Waals surface area contributed by atoms with Crippen LogP contribution in [-0.4, -0.2) is 47.5 Å². The number of aliphatic hydroxyl groups excluding tert-OH is 1. The van der Waals surface area contributed by atoms with Gasteiger partial charge in [-0.05, 0) is 30.7 Å². The Hall–Kier alpha value is -3.13. The maximum Gasteiger partial charge on any atom is 0.232 e. The van der Waals surface area contributed by atoms with Gasteiger partial charge in [-0.25, -0.2) is 9.37 Å². The quantitative estimate of drug-likeness (QED) is 0.606. The molecule has 0 aliphatic heterocycles. The number of carbonyl (C=O) groups is 1. The van der Waals surface area contributed by atoms with Crippen molar-refractivity contribution in [3.05, 3.63) is 36.5 Å². The minimum atomic E-state index is -1.81.